The number of aliphatic imine (C=N–C) groups is 1. The van der Waals surface area contributed by atoms with E-state index in [9.17, 15) is 0 Å². The summed E-state index contributed by atoms with van der Waals surface area (Å²) in [5.74, 6) is 1.46. The lowest BCUT2D eigenvalue weighted by molar-refractivity contribution is 0.0528. The molecule has 5 heterocycles. The van der Waals surface area contributed by atoms with Gasteiger partial charge in [0.25, 0.3) is 0 Å². The zero-order chi connectivity index (χ0) is 29.4. The number of fused-ring (bicyclic) bond motifs is 7. The average Bonchev–Trinajstić information content (AvgIpc) is 3.58. The standard InChI is InChI=1S/C35H35N5O2/c1-32(2)33(3,4)40-31(38-32)39(34(5,6)35(40,7)8)30-36-27(26-22-15-10-12-19-25(22)42-29(26)37-30)23-17-13-16-21-20-14-9-11-18-24(20)41-28(21)23/h9-19H,1-8H3. The SMILES string of the molecule is CC1(C)N=C2N(c3nc(-c4cccc5c4oc4ccccc45)c4c(n3)oc3ccccc34)C(C)(C)C(C)(C)N2C1(C)C. The van der Waals surface area contributed by atoms with Crippen molar-refractivity contribution in [2.24, 2.45) is 4.99 Å². The molecule has 1 saturated heterocycles. The molecule has 1 fully saturated rings. The van der Waals surface area contributed by atoms with E-state index in [1.54, 1.807) is 0 Å². The number of nitrogens with zero attached hydrogens (tertiary/aromatic N) is 5. The van der Waals surface area contributed by atoms with Crippen LogP contribution < -0.4 is 4.90 Å². The molecule has 0 atom stereocenters. The molecule has 0 radical (unpaired) electrons. The molecule has 2 aliphatic rings. The molecule has 0 spiro atoms. The largest absolute Gasteiger partial charge is 0.455 e. The highest BCUT2D eigenvalue weighted by Crippen LogP contribution is 2.53. The Kier molecular flexibility index (Phi) is 4.65. The summed E-state index contributed by atoms with van der Waals surface area (Å²) in [6, 6.07) is 22.5. The summed E-state index contributed by atoms with van der Waals surface area (Å²) in [4.78, 5) is 20.5. The van der Waals surface area contributed by atoms with E-state index in [1.165, 1.54) is 0 Å². The van der Waals surface area contributed by atoms with Crippen LogP contribution in [0.3, 0.4) is 0 Å². The summed E-state index contributed by atoms with van der Waals surface area (Å²) in [7, 11) is 0. The van der Waals surface area contributed by atoms with Crippen molar-refractivity contribution < 1.29 is 8.83 Å². The monoisotopic (exact) mass is 557 g/mol. The molecule has 0 amide bonds. The van der Waals surface area contributed by atoms with Gasteiger partial charge >= 0.3 is 0 Å². The lowest BCUT2D eigenvalue weighted by atomic mass is 9.76. The van der Waals surface area contributed by atoms with Crippen LogP contribution in [0.1, 0.15) is 55.4 Å². The van der Waals surface area contributed by atoms with E-state index < -0.39 is 0 Å². The maximum absolute atomic E-state index is 6.50. The number of guanidine groups is 1. The number of hydrogen-bond donors (Lipinski definition) is 0. The van der Waals surface area contributed by atoms with Gasteiger partial charge < -0.3 is 13.7 Å². The van der Waals surface area contributed by atoms with Crippen LogP contribution in [0.2, 0.25) is 0 Å². The fourth-order valence-electron chi connectivity index (χ4n) is 7.04. The first-order chi connectivity index (χ1) is 19.8. The van der Waals surface area contributed by atoms with Crippen molar-refractivity contribution >= 4 is 55.9 Å². The van der Waals surface area contributed by atoms with Crippen LogP contribution in [-0.2, 0) is 0 Å². The highest BCUT2D eigenvalue weighted by Gasteiger charge is 2.66. The number of furan rings is 2. The van der Waals surface area contributed by atoms with Gasteiger partial charge in [0.1, 0.15) is 16.7 Å². The fraction of sp³-hybridized carbons (Fsp3) is 0.343. The lowest BCUT2D eigenvalue weighted by Crippen LogP contribution is -2.63. The molecule has 6 aromatic rings. The molecular formula is C35H35N5O2. The van der Waals surface area contributed by atoms with Crippen molar-refractivity contribution in [1.29, 1.82) is 0 Å². The van der Waals surface area contributed by atoms with Gasteiger partial charge in [-0.1, -0.05) is 48.5 Å². The molecule has 3 aromatic carbocycles. The Hall–Kier alpha value is -4.39. The van der Waals surface area contributed by atoms with Crippen molar-refractivity contribution in [3.63, 3.8) is 0 Å². The van der Waals surface area contributed by atoms with Crippen LogP contribution in [0.5, 0.6) is 0 Å². The number of hydrogen-bond acceptors (Lipinski definition) is 7. The number of para-hydroxylation sites is 3. The summed E-state index contributed by atoms with van der Waals surface area (Å²) >= 11 is 0. The summed E-state index contributed by atoms with van der Waals surface area (Å²) in [6.07, 6.45) is 0. The number of anilines is 1. The van der Waals surface area contributed by atoms with Crippen LogP contribution in [0.15, 0.2) is 80.6 Å². The van der Waals surface area contributed by atoms with E-state index in [-0.39, 0.29) is 22.2 Å². The van der Waals surface area contributed by atoms with Gasteiger partial charge in [-0.15, -0.1) is 0 Å². The predicted octanol–water partition coefficient (Wildman–Crippen LogP) is 8.55. The van der Waals surface area contributed by atoms with Gasteiger partial charge in [0, 0.05) is 21.7 Å². The Labute approximate surface area is 244 Å². The number of benzene rings is 3. The minimum Gasteiger partial charge on any atom is -0.455 e. The molecule has 0 saturated carbocycles. The van der Waals surface area contributed by atoms with Gasteiger partial charge in [0.15, 0.2) is 0 Å². The van der Waals surface area contributed by atoms with E-state index >= 15 is 0 Å². The van der Waals surface area contributed by atoms with Crippen molar-refractivity contribution in [3.05, 3.63) is 66.7 Å². The second-order valence-corrected chi connectivity index (χ2v) is 13.7. The molecule has 0 bridgehead atoms. The van der Waals surface area contributed by atoms with Gasteiger partial charge in [-0.05, 0) is 73.6 Å². The van der Waals surface area contributed by atoms with Crippen molar-refractivity contribution in [1.82, 2.24) is 14.9 Å². The highest BCUT2D eigenvalue weighted by molar-refractivity contribution is 6.16. The molecule has 8 rings (SSSR count). The zero-order valence-corrected chi connectivity index (χ0v) is 25.4. The quantitative estimate of drug-likeness (QED) is 0.212. The van der Waals surface area contributed by atoms with Gasteiger partial charge in [-0.2, -0.15) is 4.98 Å². The third-order valence-corrected chi connectivity index (χ3v) is 10.5. The normalized spacial score (nSPS) is 20.2. The van der Waals surface area contributed by atoms with Crippen LogP contribution in [0.4, 0.5) is 5.95 Å². The predicted molar refractivity (Wildman–Crippen MR) is 170 cm³/mol. The van der Waals surface area contributed by atoms with Crippen LogP contribution >= 0.6 is 0 Å². The van der Waals surface area contributed by atoms with E-state index in [0.717, 1.165) is 55.5 Å². The van der Waals surface area contributed by atoms with Crippen molar-refractivity contribution in [3.8, 4) is 11.3 Å². The molecule has 0 N–H and O–H groups in total. The van der Waals surface area contributed by atoms with E-state index in [4.69, 9.17) is 23.8 Å². The molecule has 42 heavy (non-hydrogen) atoms. The maximum atomic E-state index is 6.50. The molecule has 0 unspecified atom stereocenters. The topological polar surface area (TPSA) is 70.9 Å². The molecule has 212 valence electrons. The maximum Gasteiger partial charge on any atom is 0.236 e. The zero-order valence-electron chi connectivity index (χ0n) is 25.4. The van der Waals surface area contributed by atoms with Gasteiger partial charge in [-0.25, -0.2) is 9.98 Å². The van der Waals surface area contributed by atoms with Crippen molar-refractivity contribution in [2.45, 2.75) is 77.5 Å². The Morgan fingerprint density at radius 3 is 2.00 bits per heavy atom. The molecule has 0 aliphatic carbocycles. The number of aromatic nitrogens is 2. The van der Waals surface area contributed by atoms with Crippen LogP contribution in [-0.4, -0.2) is 43.0 Å². The van der Waals surface area contributed by atoms with Crippen LogP contribution in [0, 0.1) is 0 Å². The first kappa shape index (κ1) is 25.3. The summed E-state index contributed by atoms with van der Waals surface area (Å²) in [6.45, 7) is 18.1. The Morgan fingerprint density at radius 2 is 1.26 bits per heavy atom. The van der Waals surface area contributed by atoms with E-state index in [1.807, 2.05) is 36.4 Å². The van der Waals surface area contributed by atoms with Crippen LogP contribution in [0.25, 0.3) is 55.3 Å². The van der Waals surface area contributed by atoms with Gasteiger partial charge in [0.05, 0.1) is 33.2 Å². The molecular weight excluding hydrogens is 522 g/mol. The van der Waals surface area contributed by atoms with Gasteiger partial charge in [0.2, 0.25) is 17.6 Å². The molecule has 7 nitrogen and oxygen atoms in total. The first-order valence-corrected chi connectivity index (χ1v) is 14.6. The molecule has 3 aromatic heterocycles. The highest BCUT2D eigenvalue weighted by atomic mass is 16.3. The first-order valence-electron chi connectivity index (χ1n) is 14.6. The second kappa shape index (κ2) is 7.71. The second-order valence-electron chi connectivity index (χ2n) is 13.7. The molecule has 2 aliphatic heterocycles. The van der Waals surface area contributed by atoms with E-state index in [0.29, 0.717) is 11.7 Å². The minimum atomic E-state index is -0.387. The average molecular weight is 558 g/mol. The lowest BCUT2D eigenvalue weighted by Gasteiger charge is -2.50. The summed E-state index contributed by atoms with van der Waals surface area (Å²) in [5, 5.41) is 4.00. The number of rotatable bonds is 2. The van der Waals surface area contributed by atoms with Gasteiger partial charge in [-0.3, -0.25) is 4.90 Å². The summed E-state index contributed by atoms with van der Waals surface area (Å²) < 4.78 is 12.9. The summed E-state index contributed by atoms with van der Waals surface area (Å²) in [5.41, 5.74) is 3.50. The third kappa shape index (κ3) is 2.93. The third-order valence-electron chi connectivity index (χ3n) is 10.5. The Morgan fingerprint density at radius 1 is 0.619 bits per heavy atom. The smallest absolute Gasteiger partial charge is 0.236 e. The Balaban J connectivity index is 1.46. The fourth-order valence-corrected chi connectivity index (χ4v) is 7.04. The Bertz CT molecular complexity index is 2130. The molecule has 7 heteroatoms. The van der Waals surface area contributed by atoms with Crippen molar-refractivity contribution in [2.75, 3.05) is 4.90 Å². The minimum absolute atomic E-state index is 0.218. The van der Waals surface area contributed by atoms with E-state index in [2.05, 4.69) is 95.5 Å².